The molecule has 1 aliphatic rings. The molecule has 3 aromatic rings. The van der Waals surface area contributed by atoms with Crippen molar-refractivity contribution in [2.45, 2.75) is 6.92 Å². The number of nitrogens with two attached hydrogens (primary N) is 1. The SMILES string of the molecule is Cc1cc(=O)[nH]c2ccc(-c3cccc(C(N)=O)c3N3CCN(C)CC3)cc12. The second kappa shape index (κ2) is 7.13. The second-order valence-electron chi connectivity index (χ2n) is 7.43. The number of pyridine rings is 1. The highest BCUT2D eigenvalue weighted by atomic mass is 16.1. The third-order valence-electron chi connectivity index (χ3n) is 5.48. The molecule has 1 aromatic heterocycles. The number of aromatic amines is 1. The summed E-state index contributed by atoms with van der Waals surface area (Å²) in [6, 6.07) is 13.3. The number of piperazine rings is 1. The quantitative estimate of drug-likeness (QED) is 0.735. The summed E-state index contributed by atoms with van der Waals surface area (Å²) in [6.45, 7) is 5.49. The largest absolute Gasteiger partial charge is 0.368 e. The fourth-order valence-electron chi connectivity index (χ4n) is 3.94. The van der Waals surface area contributed by atoms with Crippen LogP contribution in [0, 0.1) is 6.92 Å². The molecule has 1 aliphatic heterocycles. The first-order valence-electron chi connectivity index (χ1n) is 9.44. The van der Waals surface area contributed by atoms with E-state index in [2.05, 4.69) is 27.9 Å². The molecule has 2 heterocycles. The van der Waals surface area contributed by atoms with Gasteiger partial charge in [0, 0.05) is 48.7 Å². The summed E-state index contributed by atoms with van der Waals surface area (Å²) in [7, 11) is 2.10. The summed E-state index contributed by atoms with van der Waals surface area (Å²) in [5.41, 5.74) is 10.8. The number of hydrogen-bond donors (Lipinski definition) is 2. The number of fused-ring (bicyclic) bond motifs is 1. The van der Waals surface area contributed by atoms with E-state index < -0.39 is 5.91 Å². The highest BCUT2D eigenvalue weighted by molar-refractivity contribution is 6.03. The molecule has 1 fully saturated rings. The van der Waals surface area contributed by atoms with E-state index in [-0.39, 0.29) is 5.56 Å². The molecule has 3 N–H and O–H groups in total. The van der Waals surface area contributed by atoms with Crippen molar-refractivity contribution in [2.75, 3.05) is 38.1 Å². The third kappa shape index (κ3) is 3.27. The Hall–Kier alpha value is -3.12. The van der Waals surface area contributed by atoms with Gasteiger partial charge in [0.05, 0.1) is 11.3 Å². The van der Waals surface area contributed by atoms with Gasteiger partial charge < -0.3 is 20.5 Å². The highest BCUT2D eigenvalue weighted by Gasteiger charge is 2.23. The topological polar surface area (TPSA) is 82.4 Å². The second-order valence-corrected chi connectivity index (χ2v) is 7.43. The van der Waals surface area contributed by atoms with Gasteiger partial charge >= 0.3 is 0 Å². The molecule has 4 rings (SSSR count). The molecule has 2 aromatic carbocycles. The molecule has 0 spiro atoms. The fraction of sp³-hybridized carbons (Fsp3) is 0.273. The predicted molar refractivity (Wildman–Crippen MR) is 113 cm³/mol. The molecule has 28 heavy (non-hydrogen) atoms. The number of aromatic nitrogens is 1. The van der Waals surface area contributed by atoms with Crippen molar-refractivity contribution in [1.82, 2.24) is 9.88 Å². The number of carbonyl (C=O) groups excluding carboxylic acids is 1. The van der Waals surface area contributed by atoms with Gasteiger partial charge in [-0.05, 0) is 43.3 Å². The minimum Gasteiger partial charge on any atom is -0.368 e. The average molecular weight is 376 g/mol. The Kier molecular flexibility index (Phi) is 4.65. The lowest BCUT2D eigenvalue weighted by Crippen LogP contribution is -2.45. The van der Waals surface area contributed by atoms with E-state index in [9.17, 15) is 9.59 Å². The Morgan fingerprint density at radius 2 is 1.82 bits per heavy atom. The molecule has 144 valence electrons. The van der Waals surface area contributed by atoms with E-state index in [4.69, 9.17) is 5.73 Å². The molecular formula is C22H24N4O2. The average Bonchev–Trinajstić information content (AvgIpc) is 2.68. The summed E-state index contributed by atoms with van der Waals surface area (Å²) in [6.07, 6.45) is 0. The number of H-pyrrole nitrogens is 1. The van der Waals surface area contributed by atoms with Crippen LogP contribution < -0.4 is 16.2 Å². The van der Waals surface area contributed by atoms with E-state index in [1.807, 2.05) is 31.2 Å². The number of primary amides is 1. The van der Waals surface area contributed by atoms with Crippen LogP contribution in [0.25, 0.3) is 22.0 Å². The Labute approximate surface area is 163 Å². The minimum absolute atomic E-state index is 0.105. The highest BCUT2D eigenvalue weighted by Crippen LogP contribution is 2.36. The van der Waals surface area contributed by atoms with Crippen molar-refractivity contribution in [3.8, 4) is 11.1 Å². The summed E-state index contributed by atoms with van der Waals surface area (Å²) in [5, 5.41) is 0.992. The number of likely N-dealkylation sites (N-methyl/N-ethyl adjacent to an activating group) is 1. The first kappa shape index (κ1) is 18.3. The monoisotopic (exact) mass is 376 g/mol. The van der Waals surface area contributed by atoms with Gasteiger partial charge in [-0.1, -0.05) is 18.2 Å². The van der Waals surface area contributed by atoms with Crippen LogP contribution in [0.2, 0.25) is 0 Å². The number of rotatable bonds is 3. The van der Waals surface area contributed by atoms with Crippen LogP contribution >= 0.6 is 0 Å². The van der Waals surface area contributed by atoms with E-state index in [1.54, 1.807) is 12.1 Å². The lowest BCUT2D eigenvalue weighted by Gasteiger charge is -2.36. The van der Waals surface area contributed by atoms with Crippen molar-refractivity contribution in [3.05, 3.63) is 63.9 Å². The van der Waals surface area contributed by atoms with Crippen LogP contribution in [0.5, 0.6) is 0 Å². The number of amides is 1. The van der Waals surface area contributed by atoms with E-state index in [1.165, 1.54) is 0 Å². The molecule has 6 nitrogen and oxygen atoms in total. The first-order chi connectivity index (χ1) is 13.4. The number of anilines is 1. The Balaban J connectivity index is 1.90. The maximum Gasteiger partial charge on any atom is 0.250 e. The van der Waals surface area contributed by atoms with Crippen molar-refractivity contribution < 1.29 is 4.79 Å². The zero-order valence-electron chi connectivity index (χ0n) is 16.2. The van der Waals surface area contributed by atoms with Gasteiger partial charge in [-0.2, -0.15) is 0 Å². The number of aryl methyl sites for hydroxylation is 1. The normalized spacial score (nSPS) is 15.1. The van der Waals surface area contributed by atoms with E-state index in [0.717, 1.165) is 59.5 Å². The molecule has 0 aliphatic carbocycles. The van der Waals surface area contributed by atoms with Gasteiger partial charge in [-0.15, -0.1) is 0 Å². The molecule has 0 bridgehead atoms. The van der Waals surface area contributed by atoms with E-state index >= 15 is 0 Å². The van der Waals surface area contributed by atoms with Crippen molar-refractivity contribution in [2.24, 2.45) is 5.73 Å². The van der Waals surface area contributed by atoms with Gasteiger partial charge in [0.15, 0.2) is 0 Å². The van der Waals surface area contributed by atoms with Gasteiger partial charge in [0.1, 0.15) is 0 Å². The summed E-state index contributed by atoms with van der Waals surface area (Å²) >= 11 is 0. The van der Waals surface area contributed by atoms with Crippen molar-refractivity contribution in [3.63, 3.8) is 0 Å². The van der Waals surface area contributed by atoms with Gasteiger partial charge in [-0.25, -0.2) is 0 Å². The zero-order chi connectivity index (χ0) is 19.8. The lowest BCUT2D eigenvalue weighted by atomic mass is 9.96. The summed E-state index contributed by atoms with van der Waals surface area (Å²) in [5.74, 6) is -0.419. The van der Waals surface area contributed by atoms with Gasteiger partial charge in [0.2, 0.25) is 5.56 Å². The number of nitrogens with zero attached hydrogens (tertiary/aromatic N) is 2. The fourth-order valence-corrected chi connectivity index (χ4v) is 3.94. The smallest absolute Gasteiger partial charge is 0.250 e. The molecule has 0 radical (unpaired) electrons. The molecular weight excluding hydrogens is 352 g/mol. The van der Waals surface area contributed by atoms with Crippen LogP contribution in [0.3, 0.4) is 0 Å². The Morgan fingerprint density at radius 3 is 2.54 bits per heavy atom. The summed E-state index contributed by atoms with van der Waals surface area (Å²) in [4.78, 5) is 31.3. The molecule has 6 heteroatoms. The van der Waals surface area contributed by atoms with Crippen LogP contribution in [-0.4, -0.2) is 49.0 Å². The number of benzene rings is 2. The minimum atomic E-state index is -0.419. The van der Waals surface area contributed by atoms with E-state index in [0.29, 0.717) is 5.56 Å². The van der Waals surface area contributed by atoms with Crippen LogP contribution in [0.1, 0.15) is 15.9 Å². The maximum atomic E-state index is 12.2. The molecule has 1 saturated heterocycles. The predicted octanol–water partition coefficient (Wildman–Crippen LogP) is 2.35. The molecule has 1 amide bonds. The van der Waals surface area contributed by atoms with Crippen LogP contribution in [-0.2, 0) is 0 Å². The number of hydrogen-bond acceptors (Lipinski definition) is 4. The Bertz CT molecular complexity index is 1110. The molecule has 0 atom stereocenters. The zero-order valence-corrected chi connectivity index (χ0v) is 16.2. The first-order valence-corrected chi connectivity index (χ1v) is 9.44. The van der Waals surface area contributed by atoms with Gasteiger partial charge in [0.25, 0.3) is 5.91 Å². The number of nitrogens with one attached hydrogen (secondary N) is 1. The third-order valence-corrected chi connectivity index (χ3v) is 5.48. The standard InChI is InChI=1S/C22H24N4O2/c1-14-12-20(27)24-19-7-6-15(13-18(14)19)16-4-3-5-17(22(23)28)21(16)26-10-8-25(2)9-11-26/h3-7,12-13H,8-11H2,1-2H3,(H2,23,28)(H,24,27). The van der Waals surface area contributed by atoms with Crippen molar-refractivity contribution in [1.29, 1.82) is 0 Å². The molecule has 0 unspecified atom stereocenters. The number of carbonyl (C=O) groups is 1. The van der Waals surface area contributed by atoms with Crippen molar-refractivity contribution >= 4 is 22.5 Å². The number of para-hydroxylation sites is 1. The molecule has 0 saturated carbocycles. The lowest BCUT2D eigenvalue weighted by molar-refractivity contribution is 0.100. The van der Waals surface area contributed by atoms with Crippen LogP contribution in [0.4, 0.5) is 5.69 Å². The maximum absolute atomic E-state index is 12.2. The summed E-state index contributed by atoms with van der Waals surface area (Å²) < 4.78 is 0. The Morgan fingerprint density at radius 1 is 1.07 bits per heavy atom. The van der Waals surface area contributed by atoms with Gasteiger partial charge in [-0.3, -0.25) is 9.59 Å². The van der Waals surface area contributed by atoms with Crippen LogP contribution in [0.15, 0.2) is 47.3 Å².